The standard InChI is InChI=1S/C17H16N2O2/c1-21-16(20)10-13(12-6-3-2-4-7-12)14-11-19-15-8-5-9-18-17(14)15/h2-9,11,13,19H,10H2,1H3. The third-order valence-electron chi connectivity index (χ3n) is 3.64. The third-order valence-corrected chi connectivity index (χ3v) is 3.64. The van der Waals surface area contributed by atoms with Gasteiger partial charge in [-0.15, -0.1) is 0 Å². The lowest BCUT2D eigenvalue weighted by atomic mass is 9.89. The van der Waals surface area contributed by atoms with Gasteiger partial charge in [0.1, 0.15) is 0 Å². The third kappa shape index (κ3) is 2.65. The number of carbonyl (C=O) groups is 1. The van der Waals surface area contributed by atoms with Crippen molar-refractivity contribution in [3.05, 3.63) is 66.0 Å². The van der Waals surface area contributed by atoms with Crippen molar-refractivity contribution in [2.75, 3.05) is 7.11 Å². The molecule has 21 heavy (non-hydrogen) atoms. The van der Waals surface area contributed by atoms with E-state index in [2.05, 4.69) is 9.97 Å². The van der Waals surface area contributed by atoms with E-state index in [1.165, 1.54) is 7.11 Å². The van der Waals surface area contributed by atoms with E-state index in [9.17, 15) is 4.79 Å². The molecule has 0 saturated heterocycles. The van der Waals surface area contributed by atoms with Gasteiger partial charge in [0.2, 0.25) is 0 Å². The van der Waals surface area contributed by atoms with Crippen LogP contribution in [-0.2, 0) is 9.53 Å². The maximum atomic E-state index is 11.8. The highest BCUT2D eigenvalue weighted by atomic mass is 16.5. The van der Waals surface area contributed by atoms with E-state index in [0.29, 0.717) is 6.42 Å². The number of rotatable bonds is 4. The number of hydrogen-bond acceptors (Lipinski definition) is 3. The first-order valence-electron chi connectivity index (χ1n) is 6.83. The summed E-state index contributed by atoms with van der Waals surface area (Å²) in [6.07, 6.45) is 3.99. The molecule has 1 atom stereocenters. The van der Waals surface area contributed by atoms with Crippen molar-refractivity contribution >= 4 is 17.0 Å². The molecule has 3 rings (SSSR count). The van der Waals surface area contributed by atoms with Crippen molar-refractivity contribution in [3.8, 4) is 0 Å². The van der Waals surface area contributed by atoms with E-state index in [0.717, 1.165) is 22.2 Å². The Morgan fingerprint density at radius 3 is 2.81 bits per heavy atom. The monoisotopic (exact) mass is 280 g/mol. The molecule has 106 valence electrons. The predicted molar refractivity (Wildman–Crippen MR) is 81.0 cm³/mol. The fourth-order valence-corrected chi connectivity index (χ4v) is 2.58. The van der Waals surface area contributed by atoms with E-state index in [1.54, 1.807) is 6.20 Å². The number of esters is 1. The quantitative estimate of drug-likeness (QED) is 0.746. The molecule has 0 aliphatic rings. The van der Waals surface area contributed by atoms with Crippen molar-refractivity contribution in [1.29, 1.82) is 0 Å². The minimum atomic E-state index is -0.228. The summed E-state index contributed by atoms with van der Waals surface area (Å²) >= 11 is 0. The van der Waals surface area contributed by atoms with Crippen LogP contribution in [0.2, 0.25) is 0 Å². The molecule has 0 bridgehead atoms. The Bertz CT molecular complexity index is 750. The van der Waals surface area contributed by atoms with Gasteiger partial charge in [0, 0.05) is 23.9 Å². The molecule has 4 heteroatoms. The van der Waals surface area contributed by atoms with E-state index < -0.39 is 0 Å². The Morgan fingerprint density at radius 1 is 1.24 bits per heavy atom. The molecule has 0 saturated carbocycles. The summed E-state index contributed by atoms with van der Waals surface area (Å²) in [4.78, 5) is 19.4. The highest BCUT2D eigenvalue weighted by molar-refractivity contribution is 5.81. The fraction of sp³-hybridized carbons (Fsp3) is 0.176. The topological polar surface area (TPSA) is 55.0 Å². The summed E-state index contributed by atoms with van der Waals surface area (Å²) in [6, 6.07) is 13.8. The number of aromatic nitrogens is 2. The number of fused-ring (bicyclic) bond motifs is 1. The van der Waals surface area contributed by atoms with Crippen LogP contribution in [0.5, 0.6) is 0 Å². The summed E-state index contributed by atoms with van der Waals surface area (Å²) in [7, 11) is 1.41. The van der Waals surface area contributed by atoms with Crippen LogP contribution in [0.4, 0.5) is 0 Å². The zero-order valence-electron chi connectivity index (χ0n) is 11.7. The molecule has 0 fully saturated rings. The predicted octanol–water partition coefficient (Wildman–Crippen LogP) is 3.26. The number of H-pyrrole nitrogens is 1. The van der Waals surface area contributed by atoms with Crippen LogP contribution in [0.25, 0.3) is 11.0 Å². The highest BCUT2D eigenvalue weighted by Crippen LogP contribution is 2.32. The van der Waals surface area contributed by atoms with Crippen molar-refractivity contribution in [3.63, 3.8) is 0 Å². The Balaban J connectivity index is 2.08. The van der Waals surface area contributed by atoms with E-state index in [1.807, 2.05) is 48.7 Å². The second-order valence-electron chi connectivity index (χ2n) is 4.89. The number of methoxy groups -OCH3 is 1. The van der Waals surface area contributed by atoms with Gasteiger partial charge in [-0.2, -0.15) is 0 Å². The lowest BCUT2D eigenvalue weighted by molar-refractivity contribution is -0.140. The summed E-state index contributed by atoms with van der Waals surface area (Å²) in [5.74, 6) is -0.295. The van der Waals surface area contributed by atoms with E-state index >= 15 is 0 Å². The lowest BCUT2D eigenvalue weighted by Gasteiger charge is -2.15. The number of nitrogens with one attached hydrogen (secondary N) is 1. The average Bonchev–Trinajstić information content (AvgIpc) is 2.97. The molecule has 1 aromatic carbocycles. The Kier molecular flexibility index (Phi) is 3.69. The molecule has 4 nitrogen and oxygen atoms in total. The summed E-state index contributed by atoms with van der Waals surface area (Å²) in [5, 5.41) is 0. The first kappa shape index (κ1) is 13.4. The van der Waals surface area contributed by atoms with Crippen LogP contribution in [0.15, 0.2) is 54.9 Å². The first-order valence-corrected chi connectivity index (χ1v) is 6.83. The van der Waals surface area contributed by atoms with Crippen molar-refractivity contribution in [1.82, 2.24) is 9.97 Å². The average molecular weight is 280 g/mol. The molecule has 0 aliphatic heterocycles. The van der Waals surface area contributed by atoms with Crippen molar-refractivity contribution < 1.29 is 9.53 Å². The molecule has 2 aromatic heterocycles. The fourth-order valence-electron chi connectivity index (χ4n) is 2.58. The maximum Gasteiger partial charge on any atom is 0.306 e. The Labute approximate surface area is 122 Å². The van der Waals surface area contributed by atoms with E-state index in [-0.39, 0.29) is 11.9 Å². The van der Waals surface area contributed by atoms with Gasteiger partial charge in [-0.25, -0.2) is 0 Å². The summed E-state index contributed by atoms with van der Waals surface area (Å²) < 4.78 is 4.84. The Morgan fingerprint density at radius 2 is 2.05 bits per heavy atom. The number of hydrogen-bond donors (Lipinski definition) is 1. The number of benzene rings is 1. The number of pyridine rings is 1. The first-order chi connectivity index (χ1) is 10.3. The normalized spacial score (nSPS) is 12.2. The van der Waals surface area contributed by atoms with Crippen LogP contribution in [0, 0.1) is 0 Å². The molecular formula is C17H16N2O2. The number of nitrogens with zero attached hydrogens (tertiary/aromatic N) is 1. The van der Waals surface area contributed by atoms with Crippen LogP contribution in [0.3, 0.4) is 0 Å². The van der Waals surface area contributed by atoms with Gasteiger partial charge in [-0.3, -0.25) is 9.78 Å². The van der Waals surface area contributed by atoms with Crippen LogP contribution < -0.4 is 0 Å². The van der Waals surface area contributed by atoms with Gasteiger partial charge in [0.25, 0.3) is 0 Å². The van der Waals surface area contributed by atoms with Gasteiger partial charge in [0.05, 0.1) is 24.6 Å². The molecule has 0 aliphatic carbocycles. The SMILES string of the molecule is COC(=O)CC(c1ccccc1)c1c[nH]c2cccnc12. The Hall–Kier alpha value is -2.62. The molecule has 0 radical (unpaired) electrons. The van der Waals surface area contributed by atoms with E-state index in [4.69, 9.17) is 4.74 Å². The number of aromatic amines is 1. The van der Waals surface area contributed by atoms with Crippen LogP contribution in [0.1, 0.15) is 23.5 Å². The molecule has 1 N–H and O–H groups in total. The number of carbonyl (C=O) groups excluding carboxylic acids is 1. The zero-order chi connectivity index (χ0) is 14.7. The molecular weight excluding hydrogens is 264 g/mol. The smallest absolute Gasteiger partial charge is 0.306 e. The van der Waals surface area contributed by atoms with Gasteiger partial charge < -0.3 is 9.72 Å². The highest BCUT2D eigenvalue weighted by Gasteiger charge is 2.22. The number of ether oxygens (including phenoxy) is 1. The molecule has 2 heterocycles. The maximum absolute atomic E-state index is 11.8. The van der Waals surface area contributed by atoms with Gasteiger partial charge in [0.15, 0.2) is 0 Å². The van der Waals surface area contributed by atoms with Gasteiger partial charge in [-0.05, 0) is 17.7 Å². The minimum Gasteiger partial charge on any atom is -0.469 e. The summed E-state index contributed by atoms with van der Waals surface area (Å²) in [5.41, 5.74) is 3.96. The second kappa shape index (κ2) is 5.79. The van der Waals surface area contributed by atoms with Crippen LogP contribution >= 0.6 is 0 Å². The second-order valence-corrected chi connectivity index (χ2v) is 4.89. The lowest BCUT2D eigenvalue weighted by Crippen LogP contribution is -2.10. The molecule has 3 aromatic rings. The minimum absolute atomic E-state index is 0.0673. The molecule has 1 unspecified atom stereocenters. The van der Waals surface area contributed by atoms with Gasteiger partial charge >= 0.3 is 5.97 Å². The zero-order valence-corrected chi connectivity index (χ0v) is 11.7. The summed E-state index contributed by atoms with van der Waals surface area (Å²) in [6.45, 7) is 0. The molecule has 0 spiro atoms. The van der Waals surface area contributed by atoms with Gasteiger partial charge in [-0.1, -0.05) is 30.3 Å². The molecule has 0 amide bonds. The largest absolute Gasteiger partial charge is 0.469 e. The van der Waals surface area contributed by atoms with Crippen molar-refractivity contribution in [2.24, 2.45) is 0 Å². The van der Waals surface area contributed by atoms with Crippen molar-refractivity contribution in [2.45, 2.75) is 12.3 Å². The van der Waals surface area contributed by atoms with Crippen LogP contribution in [-0.4, -0.2) is 23.0 Å².